The predicted molar refractivity (Wildman–Crippen MR) is 148 cm³/mol. The molecule has 2 unspecified atom stereocenters. The van der Waals surface area contributed by atoms with E-state index in [1.165, 1.54) is 18.0 Å². The summed E-state index contributed by atoms with van der Waals surface area (Å²) in [6, 6.07) is 12.2. The van der Waals surface area contributed by atoms with Crippen molar-refractivity contribution in [2.75, 3.05) is 16.4 Å². The zero-order valence-electron chi connectivity index (χ0n) is 22.0. The summed E-state index contributed by atoms with van der Waals surface area (Å²) in [7, 11) is 0. The maximum atomic E-state index is 14.7. The monoisotopic (exact) mass is 515 g/mol. The highest BCUT2D eigenvalue weighted by atomic mass is 19.1. The number of anilines is 3. The Kier molecular flexibility index (Phi) is 7.01. The van der Waals surface area contributed by atoms with Crippen LogP contribution in [0, 0.1) is 11.2 Å². The first kappa shape index (κ1) is 25.6. The van der Waals surface area contributed by atoms with Gasteiger partial charge in [-0.1, -0.05) is 57.0 Å². The average Bonchev–Trinajstić information content (AvgIpc) is 3.43. The first-order chi connectivity index (χ1) is 18.3. The molecule has 38 heavy (non-hydrogen) atoms. The van der Waals surface area contributed by atoms with Crippen LogP contribution >= 0.6 is 0 Å². The topological polar surface area (TPSA) is 120 Å². The molecule has 5 rings (SSSR count). The van der Waals surface area contributed by atoms with Crippen LogP contribution in [0.5, 0.6) is 0 Å². The van der Waals surface area contributed by atoms with Gasteiger partial charge < -0.3 is 21.3 Å². The molecule has 1 aliphatic carbocycles. The lowest BCUT2D eigenvalue weighted by Crippen LogP contribution is -2.59. The van der Waals surface area contributed by atoms with Crippen LogP contribution in [0.25, 0.3) is 0 Å². The fourth-order valence-corrected chi connectivity index (χ4v) is 5.52. The van der Waals surface area contributed by atoms with Crippen LogP contribution in [0.15, 0.2) is 48.8 Å². The van der Waals surface area contributed by atoms with Crippen molar-refractivity contribution in [1.82, 2.24) is 14.9 Å². The number of amides is 1. The van der Waals surface area contributed by atoms with E-state index >= 15 is 0 Å². The Morgan fingerprint density at radius 3 is 2.53 bits per heavy atom. The molecule has 2 aliphatic rings. The molecule has 2 heterocycles. The molecular formula is C29H34FN7O. The van der Waals surface area contributed by atoms with E-state index in [2.05, 4.69) is 34.4 Å². The second-order valence-electron chi connectivity index (χ2n) is 10.5. The van der Waals surface area contributed by atoms with Gasteiger partial charge in [0.2, 0.25) is 0 Å². The fourth-order valence-electron chi connectivity index (χ4n) is 5.52. The van der Waals surface area contributed by atoms with Crippen molar-refractivity contribution in [2.24, 2.45) is 0 Å². The number of nitrogens with zero attached hydrogens (tertiary/aromatic N) is 3. The molecule has 1 saturated carbocycles. The Hall–Kier alpha value is -4.01. The van der Waals surface area contributed by atoms with E-state index < -0.39 is 12.0 Å². The predicted octanol–water partition coefficient (Wildman–Crippen LogP) is 5.37. The molecule has 9 heteroatoms. The first-order valence-electron chi connectivity index (χ1n) is 13.2. The summed E-state index contributed by atoms with van der Waals surface area (Å²) in [5, 5.41) is 15.7. The van der Waals surface area contributed by atoms with Gasteiger partial charge >= 0.3 is 0 Å². The van der Waals surface area contributed by atoms with Gasteiger partial charge in [0.1, 0.15) is 29.9 Å². The highest BCUT2D eigenvalue weighted by Gasteiger charge is 2.41. The lowest BCUT2D eigenvalue weighted by molar-refractivity contribution is 0.0563. The summed E-state index contributed by atoms with van der Waals surface area (Å²) in [5.41, 5.74) is 9.32. The third-order valence-electron chi connectivity index (χ3n) is 7.61. The number of halogens is 1. The fraction of sp³-hybridized carbons (Fsp3) is 0.379. The number of hydrogen-bond donors (Lipinski definition) is 4. The molecule has 0 radical (unpaired) electrons. The van der Waals surface area contributed by atoms with Gasteiger partial charge in [0.15, 0.2) is 0 Å². The number of nitrogens with two attached hydrogens (primary N) is 1. The smallest absolute Gasteiger partial charge is 0.260 e. The molecule has 2 atom stereocenters. The minimum Gasteiger partial charge on any atom is -0.383 e. The number of benzene rings is 2. The number of fused-ring (bicyclic) bond motifs is 1. The van der Waals surface area contributed by atoms with E-state index in [1.54, 1.807) is 17.0 Å². The Labute approximate surface area is 222 Å². The quantitative estimate of drug-likeness (QED) is 0.314. The van der Waals surface area contributed by atoms with Crippen LogP contribution in [0.4, 0.5) is 21.7 Å². The Morgan fingerprint density at radius 2 is 1.84 bits per heavy atom. The van der Waals surface area contributed by atoms with Crippen molar-refractivity contribution in [3.63, 3.8) is 0 Å². The van der Waals surface area contributed by atoms with Gasteiger partial charge in [-0.15, -0.1) is 0 Å². The minimum absolute atomic E-state index is 0.0183. The standard InChI is InChI=1S/C29H34FN7O/c1-16(2)18-11-13-19(14-12-18)25(31)24-26(32)33-15-34-27(24)35-17(3)28-36-22-10-6-9-21(30)23(22)29(38)37(28)20-7-4-5-8-20/h6,9-17,20,28,31,36H,4-5,7-8H2,1-3H3,(H3,32,33,34,35). The molecule has 2 aromatic carbocycles. The highest BCUT2D eigenvalue weighted by Crippen LogP contribution is 2.35. The molecule has 3 aromatic rings. The maximum absolute atomic E-state index is 14.7. The second kappa shape index (κ2) is 10.4. The SMILES string of the molecule is CC(C)c1ccc(C(=N)c2c(N)ncnc2NC(C)C2Nc3cccc(F)c3C(=O)N2C2CCCC2)cc1. The normalized spacial score (nSPS) is 18.3. The van der Waals surface area contributed by atoms with Crippen molar-refractivity contribution in [3.8, 4) is 0 Å². The number of carbonyl (C=O) groups excluding carboxylic acids is 1. The molecule has 0 spiro atoms. The Morgan fingerprint density at radius 1 is 1.13 bits per heavy atom. The number of carbonyl (C=O) groups is 1. The van der Waals surface area contributed by atoms with Gasteiger partial charge in [-0.2, -0.15) is 0 Å². The summed E-state index contributed by atoms with van der Waals surface area (Å²) >= 11 is 0. The summed E-state index contributed by atoms with van der Waals surface area (Å²) in [6.07, 6.45) is 4.73. The lowest BCUT2D eigenvalue weighted by atomic mass is 9.97. The van der Waals surface area contributed by atoms with Crippen LogP contribution in [0.2, 0.25) is 0 Å². The van der Waals surface area contributed by atoms with Crippen LogP contribution in [0.3, 0.4) is 0 Å². The van der Waals surface area contributed by atoms with E-state index in [4.69, 9.17) is 11.1 Å². The van der Waals surface area contributed by atoms with E-state index in [-0.39, 0.29) is 35.1 Å². The van der Waals surface area contributed by atoms with Crippen LogP contribution in [-0.2, 0) is 0 Å². The Balaban J connectivity index is 1.47. The maximum Gasteiger partial charge on any atom is 0.260 e. The second-order valence-corrected chi connectivity index (χ2v) is 10.5. The molecule has 1 fully saturated rings. The van der Waals surface area contributed by atoms with Gasteiger partial charge in [-0.05, 0) is 43.4 Å². The molecule has 1 aliphatic heterocycles. The van der Waals surface area contributed by atoms with Crippen molar-refractivity contribution < 1.29 is 9.18 Å². The van der Waals surface area contributed by atoms with Gasteiger partial charge in [-0.3, -0.25) is 10.2 Å². The molecule has 1 amide bonds. The zero-order valence-corrected chi connectivity index (χ0v) is 22.0. The lowest BCUT2D eigenvalue weighted by Gasteiger charge is -2.44. The van der Waals surface area contributed by atoms with Gasteiger partial charge in [0.25, 0.3) is 5.91 Å². The summed E-state index contributed by atoms with van der Waals surface area (Å²) < 4.78 is 14.7. The zero-order chi connectivity index (χ0) is 27.0. The third kappa shape index (κ3) is 4.68. The number of rotatable bonds is 7. The molecule has 0 bridgehead atoms. The Bertz CT molecular complexity index is 1350. The number of hydrogen-bond acceptors (Lipinski definition) is 7. The number of nitrogen functional groups attached to an aromatic ring is 1. The van der Waals surface area contributed by atoms with Crippen molar-refractivity contribution in [1.29, 1.82) is 5.41 Å². The van der Waals surface area contributed by atoms with Crippen LogP contribution < -0.4 is 16.4 Å². The number of nitrogens with one attached hydrogen (secondary N) is 3. The van der Waals surface area contributed by atoms with E-state index in [0.29, 0.717) is 28.6 Å². The van der Waals surface area contributed by atoms with Gasteiger partial charge in [-0.25, -0.2) is 14.4 Å². The van der Waals surface area contributed by atoms with Gasteiger partial charge in [0, 0.05) is 11.6 Å². The first-order valence-corrected chi connectivity index (χ1v) is 13.2. The summed E-state index contributed by atoms with van der Waals surface area (Å²) in [4.78, 5) is 24.0. The van der Waals surface area contributed by atoms with Crippen LogP contribution in [0.1, 0.15) is 79.4 Å². The molecular weight excluding hydrogens is 481 g/mol. The average molecular weight is 516 g/mol. The largest absolute Gasteiger partial charge is 0.383 e. The van der Waals surface area contributed by atoms with E-state index in [0.717, 1.165) is 25.7 Å². The third-order valence-corrected chi connectivity index (χ3v) is 7.61. The number of aromatic nitrogens is 2. The van der Waals surface area contributed by atoms with Crippen molar-refractivity contribution in [3.05, 3.63) is 76.9 Å². The van der Waals surface area contributed by atoms with E-state index in [1.807, 2.05) is 31.2 Å². The highest BCUT2D eigenvalue weighted by molar-refractivity contribution is 6.16. The van der Waals surface area contributed by atoms with Gasteiger partial charge in [0.05, 0.1) is 28.6 Å². The molecule has 8 nitrogen and oxygen atoms in total. The molecule has 198 valence electrons. The minimum atomic E-state index is -0.523. The molecule has 1 aromatic heterocycles. The van der Waals surface area contributed by atoms with Crippen molar-refractivity contribution >= 4 is 28.9 Å². The van der Waals surface area contributed by atoms with E-state index in [9.17, 15) is 9.18 Å². The molecule has 5 N–H and O–H groups in total. The summed E-state index contributed by atoms with van der Waals surface area (Å²) in [6.45, 7) is 6.19. The summed E-state index contributed by atoms with van der Waals surface area (Å²) in [5.74, 6) is 0.162. The van der Waals surface area contributed by atoms with Crippen molar-refractivity contribution in [2.45, 2.75) is 70.6 Å². The molecule has 0 saturated heterocycles. The van der Waals surface area contributed by atoms with Crippen LogP contribution in [-0.4, -0.2) is 44.7 Å².